The van der Waals surface area contributed by atoms with Crippen LogP contribution in [0.1, 0.15) is 278 Å². The van der Waals surface area contributed by atoms with Crippen LogP contribution >= 0.6 is 7.82 Å². The average Bonchev–Trinajstić information content (AvgIpc) is 3.39. The lowest BCUT2D eigenvalue weighted by molar-refractivity contribution is -0.870. The number of unbranched alkanes of at least 4 members (excludes halogenated alkanes) is 29. The summed E-state index contributed by atoms with van der Waals surface area (Å²) in [4.78, 5) is 40.0. The summed E-state index contributed by atoms with van der Waals surface area (Å²) in [7, 11) is 1.16. The summed E-state index contributed by atoms with van der Waals surface area (Å²) >= 11 is 0. The Balaban J connectivity index is 5.31. The number of esters is 1. The number of hydrogen-bond donors (Lipinski definition) is 1. The van der Waals surface area contributed by atoms with Crippen LogP contribution in [0.15, 0.2) is 85.1 Å². The zero-order valence-corrected chi connectivity index (χ0v) is 51.8. The predicted octanol–water partition coefficient (Wildman–Crippen LogP) is 19.1. The van der Waals surface area contributed by atoms with Crippen LogP contribution in [0.25, 0.3) is 0 Å². The Bertz CT molecular complexity index is 1590. The molecule has 0 radical (unpaired) electrons. The SMILES string of the molecule is CC/C=C\C/C=C\C/C=C\C/C=C\C/C=C\CCCCCCCC(=O)OC(/C=C/CCCCCCCCCCCCC)C(COP(=O)([O-])OCC[N+](C)(C)C)NC(=O)CCCCCCCCC/C=C/CCCCCCCC. The molecule has 1 N–H and O–H groups in total. The Kier molecular flexibility index (Phi) is 54.4. The predicted molar refractivity (Wildman–Crippen MR) is 330 cm³/mol. The van der Waals surface area contributed by atoms with Crippen LogP contribution in [0, 0.1) is 0 Å². The van der Waals surface area contributed by atoms with Gasteiger partial charge in [-0.25, -0.2) is 0 Å². The van der Waals surface area contributed by atoms with Gasteiger partial charge in [0.25, 0.3) is 7.82 Å². The smallest absolute Gasteiger partial charge is 0.306 e. The van der Waals surface area contributed by atoms with Crippen molar-refractivity contribution in [2.24, 2.45) is 0 Å². The first-order valence-electron chi connectivity index (χ1n) is 31.9. The molecule has 0 aromatic heterocycles. The fourth-order valence-corrected chi connectivity index (χ4v) is 9.62. The number of nitrogens with one attached hydrogen (secondary N) is 1. The lowest BCUT2D eigenvalue weighted by Crippen LogP contribution is -2.47. The molecule has 0 aromatic carbocycles. The largest absolute Gasteiger partial charge is 0.756 e. The molecule has 0 fully saturated rings. The summed E-state index contributed by atoms with van der Waals surface area (Å²) in [6.45, 7) is 6.72. The van der Waals surface area contributed by atoms with Gasteiger partial charge in [0.15, 0.2) is 0 Å². The van der Waals surface area contributed by atoms with Gasteiger partial charge in [-0.15, -0.1) is 0 Å². The Morgan fingerprint density at radius 3 is 1.26 bits per heavy atom. The van der Waals surface area contributed by atoms with E-state index < -0.39 is 26.6 Å². The Morgan fingerprint density at radius 1 is 0.468 bits per heavy atom. The zero-order valence-electron chi connectivity index (χ0n) is 50.9. The highest BCUT2D eigenvalue weighted by Crippen LogP contribution is 2.38. The highest BCUT2D eigenvalue weighted by molar-refractivity contribution is 7.45. The first-order valence-corrected chi connectivity index (χ1v) is 33.4. The van der Waals surface area contributed by atoms with Crippen LogP contribution in [0.2, 0.25) is 0 Å². The standard InChI is InChI=1S/C67H121N2O7P/c1-7-10-13-16-19-22-25-28-30-32-33-34-35-37-39-42-45-48-51-54-57-60-67(71)76-65(58-55-52-49-46-43-40-27-24-21-18-15-12-9-3)64(63-75-77(72,73)74-62-61-69(4,5)6)68-66(70)59-56-53-50-47-44-41-38-36-31-29-26-23-20-17-14-11-8-2/h10,13,19,22,28-31,33-34,37,39,55,58,64-65H,7-9,11-12,14-18,20-21,23-27,32,35-36,38,40-54,56-57,59-63H2,1-6H3,(H-,68,70,72,73)/b13-10-,22-19-,30-28-,31-29+,34-33-,39-37-,58-55+. The van der Waals surface area contributed by atoms with E-state index in [0.29, 0.717) is 23.9 Å². The molecule has 0 saturated carbocycles. The summed E-state index contributed by atoms with van der Waals surface area (Å²) in [6.07, 6.45) is 74.0. The molecule has 9 nitrogen and oxygen atoms in total. The van der Waals surface area contributed by atoms with Crippen LogP contribution in [0.5, 0.6) is 0 Å². The van der Waals surface area contributed by atoms with Crippen molar-refractivity contribution < 1.29 is 37.3 Å². The van der Waals surface area contributed by atoms with Crippen molar-refractivity contribution in [1.82, 2.24) is 5.32 Å². The third-order valence-corrected chi connectivity index (χ3v) is 14.8. The maximum absolute atomic E-state index is 13.5. The number of carbonyl (C=O) groups excluding carboxylic acids is 2. The van der Waals surface area contributed by atoms with Crippen molar-refractivity contribution in [2.45, 2.75) is 290 Å². The van der Waals surface area contributed by atoms with E-state index in [-0.39, 0.29) is 24.9 Å². The van der Waals surface area contributed by atoms with Gasteiger partial charge in [-0.05, 0) is 102 Å². The second-order valence-corrected chi connectivity index (χ2v) is 23.9. The minimum Gasteiger partial charge on any atom is -0.756 e. The summed E-state index contributed by atoms with van der Waals surface area (Å²) < 4.78 is 30.3. The molecule has 0 aromatic rings. The van der Waals surface area contributed by atoms with E-state index in [0.717, 1.165) is 116 Å². The van der Waals surface area contributed by atoms with Crippen molar-refractivity contribution in [3.63, 3.8) is 0 Å². The highest BCUT2D eigenvalue weighted by atomic mass is 31.2. The van der Waals surface area contributed by atoms with E-state index in [4.69, 9.17) is 13.8 Å². The van der Waals surface area contributed by atoms with Gasteiger partial charge in [0.1, 0.15) is 19.3 Å². The molecule has 0 rings (SSSR count). The molecule has 0 aliphatic heterocycles. The van der Waals surface area contributed by atoms with Gasteiger partial charge >= 0.3 is 5.97 Å². The Hall–Kier alpha value is -2.81. The van der Waals surface area contributed by atoms with Gasteiger partial charge in [-0.2, -0.15) is 0 Å². The third-order valence-electron chi connectivity index (χ3n) is 13.8. The summed E-state index contributed by atoms with van der Waals surface area (Å²) in [6, 6.07) is -0.903. The summed E-state index contributed by atoms with van der Waals surface area (Å²) in [5.41, 5.74) is 0. The average molecular weight is 1100 g/mol. The van der Waals surface area contributed by atoms with Gasteiger partial charge in [0.05, 0.1) is 33.8 Å². The maximum atomic E-state index is 13.5. The molecule has 3 atom stereocenters. The van der Waals surface area contributed by atoms with Crippen LogP contribution in [-0.4, -0.2) is 69.4 Å². The number of phosphoric acid groups is 1. The number of quaternary nitrogens is 1. The van der Waals surface area contributed by atoms with Crippen LogP contribution < -0.4 is 10.2 Å². The lowest BCUT2D eigenvalue weighted by atomic mass is 10.0. The van der Waals surface area contributed by atoms with E-state index in [2.05, 4.69) is 99.0 Å². The van der Waals surface area contributed by atoms with Crippen molar-refractivity contribution in [3.8, 4) is 0 Å². The Morgan fingerprint density at radius 2 is 0.831 bits per heavy atom. The molecule has 77 heavy (non-hydrogen) atoms. The number of allylic oxidation sites excluding steroid dienone is 13. The molecule has 0 bridgehead atoms. The van der Waals surface area contributed by atoms with Crippen LogP contribution in [0.3, 0.4) is 0 Å². The minimum absolute atomic E-state index is 0.0294. The van der Waals surface area contributed by atoms with E-state index in [1.54, 1.807) is 0 Å². The first kappa shape index (κ1) is 74.2. The topological polar surface area (TPSA) is 114 Å². The molecule has 3 unspecified atom stereocenters. The number of carbonyl (C=O) groups is 2. The second kappa shape index (κ2) is 56.5. The van der Waals surface area contributed by atoms with Gasteiger partial charge in [0, 0.05) is 12.8 Å². The van der Waals surface area contributed by atoms with Gasteiger partial charge in [-0.1, -0.05) is 247 Å². The molecule has 0 aliphatic rings. The summed E-state index contributed by atoms with van der Waals surface area (Å²) in [5, 5.41) is 3.03. The highest BCUT2D eigenvalue weighted by Gasteiger charge is 2.27. The molecule has 0 spiro atoms. The van der Waals surface area contributed by atoms with Crippen molar-refractivity contribution >= 4 is 19.7 Å². The molecule has 0 aliphatic carbocycles. The second-order valence-electron chi connectivity index (χ2n) is 22.5. The van der Waals surface area contributed by atoms with Crippen molar-refractivity contribution in [3.05, 3.63) is 85.1 Å². The van der Waals surface area contributed by atoms with Crippen molar-refractivity contribution in [1.29, 1.82) is 0 Å². The zero-order chi connectivity index (χ0) is 56.4. The first-order chi connectivity index (χ1) is 37.4. The van der Waals surface area contributed by atoms with E-state index in [1.807, 2.05) is 33.3 Å². The van der Waals surface area contributed by atoms with E-state index in [9.17, 15) is 19.0 Å². The van der Waals surface area contributed by atoms with E-state index in [1.165, 1.54) is 122 Å². The molecular formula is C67H121N2O7P. The number of ether oxygens (including phenoxy) is 1. The minimum atomic E-state index is -4.71. The fraction of sp³-hybridized carbons (Fsp3) is 0.761. The van der Waals surface area contributed by atoms with E-state index >= 15 is 0 Å². The van der Waals surface area contributed by atoms with Crippen molar-refractivity contribution in [2.75, 3.05) is 40.9 Å². The molecule has 1 amide bonds. The number of likely N-dealkylation sites (N-methyl/N-ethyl adjacent to an activating group) is 1. The maximum Gasteiger partial charge on any atom is 0.306 e. The third kappa shape index (κ3) is 57.7. The fourth-order valence-electron chi connectivity index (χ4n) is 8.90. The van der Waals surface area contributed by atoms with Gasteiger partial charge < -0.3 is 28.5 Å². The Labute approximate surface area is 476 Å². The summed E-state index contributed by atoms with van der Waals surface area (Å²) in [5.74, 6) is -0.566. The monoisotopic (exact) mass is 1100 g/mol. The quantitative estimate of drug-likeness (QED) is 0.0212. The molecule has 10 heteroatoms. The van der Waals surface area contributed by atoms with Gasteiger partial charge in [-0.3, -0.25) is 14.2 Å². The molecule has 0 heterocycles. The van der Waals surface area contributed by atoms with Gasteiger partial charge in [0.2, 0.25) is 5.91 Å². The lowest BCUT2D eigenvalue weighted by Gasteiger charge is -2.30. The molecule has 0 saturated heterocycles. The number of hydrogen-bond acceptors (Lipinski definition) is 7. The number of rotatable bonds is 57. The normalized spacial score (nSPS) is 14.2. The molecule has 446 valence electrons. The number of phosphoric ester groups is 1. The van der Waals surface area contributed by atoms with Crippen LogP contribution in [0.4, 0.5) is 0 Å². The van der Waals surface area contributed by atoms with Crippen LogP contribution in [-0.2, 0) is 27.9 Å². The number of nitrogens with zero attached hydrogens (tertiary/aromatic N) is 1. The number of amides is 1. The molecular weight excluding hydrogens is 976 g/mol.